The lowest BCUT2D eigenvalue weighted by Crippen LogP contribution is -2.27. The molecular formula is C28H24BrN3O7S. The number of non-ortho nitro benzene ring substituents is 1. The second-order valence-corrected chi connectivity index (χ2v) is 10.5. The highest BCUT2D eigenvalue weighted by atomic mass is 79.9. The third-order valence-corrected chi connectivity index (χ3v) is 7.14. The molecule has 1 saturated heterocycles. The number of nitro groups is 1. The molecule has 0 bridgehead atoms. The lowest BCUT2D eigenvalue weighted by molar-refractivity contribution is -0.384. The van der Waals surface area contributed by atoms with E-state index in [1.54, 1.807) is 31.2 Å². The van der Waals surface area contributed by atoms with Gasteiger partial charge in [-0.25, -0.2) is 0 Å². The minimum Gasteiger partial charge on any atom is -0.490 e. The van der Waals surface area contributed by atoms with Crippen LogP contribution in [-0.4, -0.2) is 40.1 Å². The lowest BCUT2D eigenvalue weighted by Gasteiger charge is -2.15. The van der Waals surface area contributed by atoms with Crippen molar-refractivity contribution in [3.8, 4) is 11.5 Å². The number of anilines is 1. The SMILES string of the molecule is CCOc1cc(/C=C2\SC(=O)N(Cc3ccc([N+](=O)[O-])cc3)C2=O)cc(Br)c1OCC(=O)Nc1cccc(C)c1. The zero-order chi connectivity index (χ0) is 28.8. The van der Waals surface area contributed by atoms with Gasteiger partial charge in [-0.05, 0) is 88.6 Å². The van der Waals surface area contributed by atoms with Crippen molar-refractivity contribution in [2.45, 2.75) is 20.4 Å². The Morgan fingerprint density at radius 1 is 1.12 bits per heavy atom. The van der Waals surface area contributed by atoms with Crippen molar-refractivity contribution in [3.05, 3.63) is 96.8 Å². The first-order valence-electron chi connectivity index (χ1n) is 12.1. The Bertz CT molecular complexity index is 1510. The van der Waals surface area contributed by atoms with Crippen LogP contribution in [0, 0.1) is 17.0 Å². The average molecular weight is 626 g/mol. The molecule has 10 nitrogen and oxygen atoms in total. The summed E-state index contributed by atoms with van der Waals surface area (Å²) < 4.78 is 12.0. The van der Waals surface area contributed by atoms with Gasteiger partial charge in [0.15, 0.2) is 18.1 Å². The molecule has 4 rings (SSSR count). The number of halogens is 1. The van der Waals surface area contributed by atoms with Crippen molar-refractivity contribution in [2.75, 3.05) is 18.5 Å². The van der Waals surface area contributed by atoms with Crippen LogP contribution >= 0.6 is 27.7 Å². The van der Waals surface area contributed by atoms with Gasteiger partial charge in [0.05, 0.1) is 27.5 Å². The molecule has 0 radical (unpaired) electrons. The minimum atomic E-state index is -0.516. The van der Waals surface area contributed by atoms with Crippen LogP contribution < -0.4 is 14.8 Å². The topological polar surface area (TPSA) is 128 Å². The molecule has 3 aromatic rings. The van der Waals surface area contributed by atoms with Crippen molar-refractivity contribution < 1.29 is 28.8 Å². The minimum absolute atomic E-state index is 0.00865. The third kappa shape index (κ3) is 7.07. The zero-order valence-electron chi connectivity index (χ0n) is 21.5. The van der Waals surface area contributed by atoms with Gasteiger partial charge in [0.25, 0.3) is 22.7 Å². The Hall–Kier alpha value is -4.16. The summed E-state index contributed by atoms with van der Waals surface area (Å²) >= 11 is 4.26. The molecule has 1 heterocycles. The van der Waals surface area contributed by atoms with E-state index in [9.17, 15) is 24.5 Å². The molecule has 0 aromatic heterocycles. The van der Waals surface area contributed by atoms with Crippen LogP contribution in [-0.2, 0) is 16.1 Å². The van der Waals surface area contributed by atoms with Crippen molar-refractivity contribution in [3.63, 3.8) is 0 Å². The second-order valence-electron chi connectivity index (χ2n) is 8.66. The molecule has 0 spiro atoms. The van der Waals surface area contributed by atoms with E-state index >= 15 is 0 Å². The number of carbonyl (C=O) groups is 3. The summed E-state index contributed by atoms with van der Waals surface area (Å²) in [6.07, 6.45) is 1.57. The molecule has 1 aliphatic heterocycles. The van der Waals surface area contributed by atoms with E-state index in [2.05, 4.69) is 21.2 Å². The molecule has 0 aliphatic carbocycles. The molecule has 0 atom stereocenters. The number of thioether (sulfide) groups is 1. The van der Waals surface area contributed by atoms with E-state index in [0.29, 0.717) is 39.4 Å². The first-order chi connectivity index (χ1) is 19.1. The van der Waals surface area contributed by atoms with Crippen molar-refractivity contribution in [1.82, 2.24) is 4.90 Å². The number of ether oxygens (including phenoxy) is 2. The Morgan fingerprint density at radius 3 is 2.55 bits per heavy atom. The molecule has 3 amide bonds. The van der Waals surface area contributed by atoms with Gasteiger partial charge in [-0.1, -0.05) is 24.3 Å². The third-order valence-electron chi connectivity index (χ3n) is 5.64. The molecule has 3 aromatic carbocycles. The highest BCUT2D eigenvalue weighted by Crippen LogP contribution is 2.39. The largest absolute Gasteiger partial charge is 0.490 e. The number of imide groups is 1. The number of amides is 3. The van der Waals surface area contributed by atoms with Crippen LogP contribution in [0.1, 0.15) is 23.6 Å². The summed E-state index contributed by atoms with van der Waals surface area (Å²) in [5.74, 6) is -0.137. The molecule has 1 aliphatic rings. The monoisotopic (exact) mass is 625 g/mol. The van der Waals surface area contributed by atoms with Crippen molar-refractivity contribution in [2.24, 2.45) is 0 Å². The summed E-state index contributed by atoms with van der Waals surface area (Å²) in [6.45, 7) is 3.79. The second kappa shape index (κ2) is 12.8. The predicted octanol–water partition coefficient (Wildman–Crippen LogP) is 6.32. The first-order valence-corrected chi connectivity index (χ1v) is 13.7. The molecule has 0 unspecified atom stereocenters. The van der Waals surface area contributed by atoms with Crippen LogP contribution in [0.3, 0.4) is 0 Å². The van der Waals surface area contributed by atoms with Crippen molar-refractivity contribution in [1.29, 1.82) is 0 Å². The molecule has 1 fully saturated rings. The zero-order valence-corrected chi connectivity index (χ0v) is 23.9. The van der Waals surface area contributed by atoms with Gasteiger partial charge in [0, 0.05) is 17.8 Å². The quantitative estimate of drug-likeness (QED) is 0.157. The number of aryl methyl sites for hydroxylation is 1. The Balaban J connectivity index is 1.48. The number of nitrogens with zero attached hydrogens (tertiary/aromatic N) is 2. The molecule has 40 heavy (non-hydrogen) atoms. The summed E-state index contributed by atoms with van der Waals surface area (Å²) in [5, 5.41) is 13.2. The normalized spacial score (nSPS) is 14.0. The summed E-state index contributed by atoms with van der Waals surface area (Å²) in [7, 11) is 0. The average Bonchev–Trinajstić information content (AvgIpc) is 3.16. The van der Waals surface area contributed by atoms with Crippen LogP contribution in [0.5, 0.6) is 11.5 Å². The number of benzene rings is 3. The molecule has 12 heteroatoms. The number of hydrogen-bond donors (Lipinski definition) is 1. The smallest absolute Gasteiger partial charge is 0.293 e. The van der Waals surface area contributed by atoms with Gasteiger partial charge in [-0.2, -0.15) is 0 Å². The molecular weight excluding hydrogens is 602 g/mol. The number of rotatable bonds is 10. The van der Waals surface area contributed by atoms with Gasteiger partial charge in [0.2, 0.25) is 0 Å². The van der Waals surface area contributed by atoms with Crippen LogP contribution in [0.25, 0.3) is 6.08 Å². The van der Waals surface area contributed by atoms with Crippen LogP contribution in [0.15, 0.2) is 70.0 Å². The van der Waals surface area contributed by atoms with E-state index in [1.165, 1.54) is 24.3 Å². The Morgan fingerprint density at radius 2 is 1.88 bits per heavy atom. The fourth-order valence-electron chi connectivity index (χ4n) is 3.83. The van der Waals surface area contributed by atoms with Crippen LogP contribution in [0.2, 0.25) is 0 Å². The predicted molar refractivity (Wildman–Crippen MR) is 155 cm³/mol. The first kappa shape index (κ1) is 28.8. The maximum Gasteiger partial charge on any atom is 0.293 e. The van der Waals surface area contributed by atoms with E-state index in [0.717, 1.165) is 22.2 Å². The fourth-order valence-corrected chi connectivity index (χ4v) is 5.24. The Kier molecular flexibility index (Phi) is 9.22. The van der Waals surface area contributed by atoms with E-state index in [-0.39, 0.29) is 29.7 Å². The van der Waals surface area contributed by atoms with Gasteiger partial charge in [-0.3, -0.25) is 29.4 Å². The summed E-state index contributed by atoms with van der Waals surface area (Å²) in [5.41, 5.74) is 2.76. The number of carbonyl (C=O) groups excluding carboxylic acids is 3. The van der Waals surface area contributed by atoms with Gasteiger partial charge < -0.3 is 14.8 Å². The molecule has 0 saturated carbocycles. The summed E-state index contributed by atoms with van der Waals surface area (Å²) in [6, 6.07) is 16.4. The maximum absolute atomic E-state index is 13.0. The van der Waals surface area contributed by atoms with Gasteiger partial charge in [-0.15, -0.1) is 0 Å². The number of nitro benzene ring substituents is 1. The standard InChI is InChI=1S/C28H24BrN3O7S/c1-3-38-23-13-19(12-22(29)26(23)39-16-25(33)30-20-6-4-5-17(2)11-20)14-24-27(34)31(28(35)40-24)15-18-7-9-21(10-8-18)32(36)37/h4-14H,3,15-16H2,1-2H3,(H,30,33)/b24-14-. The fraction of sp³-hybridized carbons (Fsp3) is 0.179. The number of nitrogens with one attached hydrogen (secondary N) is 1. The lowest BCUT2D eigenvalue weighted by atomic mass is 10.1. The Labute approximate surface area is 242 Å². The van der Waals surface area contributed by atoms with Gasteiger partial charge in [0.1, 0.15) is 0 Å². The van der Waals surface area contributed by atoms with Crippen molar-refractivity contribution >= 4 is 62.2 Å². The van der Waals surface area contributed by atoms with Gasteiger partial charge >= 0.3 is 0 Å². The van der Waals surface area contributed by atoms with E-state index in [4.69, 9.17) is 9.47 Å². The molecule has 1 N–H and O–H groups in total. The summed E-state index contributed by atoms with van der Waals surface area (Å²) in [4.78, 5) is 49.7. The molecule has 206 valence electrons. The van der Waals surface area contributed by atoms with E-state index < -0.39 is 16.1 Å². The maximum atomic E-state index is 13.0. The highest BCUT2D eigenvalue weighted by molar-refractivity contribution is 9.10. The highest BCUT2D eigenvalue weighted by Gasteiger charge is 2.35. The van der Waals surface area contributed by atoms with E-state index in [1.807, 2.05) is 25.1 Å². The van der Waals surface area contributed by atoms with Crippen LogP contribution in [0.4, 0.5) is 16.2 Å². The number of hydrogen-bond acceptors (Lipinski definition) is 8.